The number of nitrogens with zero attached hydrogens (tertiary/aromatic N) is 1. The highest BCUT2D eigenvalue weighted by Crippen LogP contribution is 2.03. The van der Waals surface area contributed by atoms with Crippen molar-refractivity contribution in [3.8, 4) is 0 Å². The summed E-state index contributed by atoms with van der Waals surface area (Å²) in [4.78, 5) is 3.92. The fourth-order valence-corrected chi connectivity index (χ4v) is 1.05. The largest absolute Gasteiger partial charge is 0.305 e. The van der Waals surface area contributed by atoms with Gasteiger partial charge in [-0.2, -0.15) is 0 Å². The smallest absolute Gasteiger partial charge is 0.0864 e. The Kier molecular flexibility index (Phi) is 6.57. The van der Waals surface area contributed by atoms with Gasteiger partial charge in [-0.05, 0) is 26.9 Å². The molecule has 0 fully saturated rings. The minimum absolute atomic E-state index is 0.201. The monoisotopic (exact) mass is 170 g/mol. The first-order valence-corrected chi connectivity index (χ1v) is 4.24. The Bertz CT molecular complexity index is 147. The van der Waals surface area contributed by atoms with Gasteiger partial charge in [-0.15, -0.1) is 0 Å². The van der Waals surface area contributed by atoms with Crippen molar-refractivity contribution in [2.75, 3.05) is 14.1 Å². The SMILES string of the molecule is CCC(CC(NC)NC)N=C=N. The maximum Gasteiger partial charge on any atom is 0.0864 e. The van der Waals surface area contributed by atoms with E-state index in [2.05, 4.69) is 28.6 Å². The normalized spacial score (nSPS) is 12.7. The highest BCUT2D eigenvalue weighted by Gasteiger charge is 2.09. The first-order chi connectivity index (χ1) is 5.78. The van der Waals surface area contributed by atoms with Crippen molar-refractivity contribution >= 4 is 6.01 Å². The van der Waals surface area contributed by atoms with E-state index in [-0.39, 0.29) is 12.2 Å². The van der Waals surface area contributed by atoms with Gasteiger partial charge >= 0.3 is 0 Å². The second-order valence-electron chi connectivity index (χ2n) is 2.67. The zero-order chi connectivity index (χ0) is 9.40. The Balaban J connectivity index is 3.90. The molecule has 1 atom stereocenters. The van der Waals surface area contributed by atoms with Crippen LogP contribution in [0.2, 0.25) is 0 Å². The van der Waals surface area contributed by atoms with Gasteiger partial charge < -0.3 is 10.6 Å². The molecule has 0 aromatic rings. The third-order valence-electron chi connectivity index (χ3n) is 1.92. The standard InChI is InChI=1S/C8H18N4/c1-4-7(12-6-9)5-8(10-2)11-3/h7-11H,4-5H2,1-3H3. The number of hydrogen-bond donors (Lipinski definition) is 3. The Morgan fingerprint density at radius 2 is 2.00 bits per heavy atom. The number of hydrogen-bond acceptors (Lipinski definition) is 4. The molecule has 70 valence electrons. The molecule has 1 unspecified atom stereocenters. The van der Waals surface area contributed by atoms with Gasteiger partial charge in [-0.25, -0.2) is 10.4 Å². The van der Waals surface area contributed by atoms with Gasteiger partial charge in [0, 0.05) is 0 Å². The van der Waals surface area contributed by atoms with Crippen LogP contribution in [0, 0.1) is 5.41 Å². The van der Waals surface area contributed by atoms with Crippen LogP contribution >= 0.6 is 0 Å². The minimum Gasteiger partial charge on any atom is -0.305 e. The van der Waals surface area contributed by atoms with E-state index in [0.717, 1.165) is 12.8 Å². The van der Waals surface area contributed by atoms with E-state index in [1.54, 1.807) is 0 Å². The zero-order valence-electron chi connectivity index (χ0n) is 8.02. The molecule has 0 aliphatic carbocycles. The lowest BCUT2D eigenvalue weighted by atomic mass is 10.1. The minimum atomic E-state index is 0.201. The molecule has 4 heteroatoms. The number of nitrogens with one attached hydrogen (secondary N) is 3. The van der Waals surface area contributed by atoms with E-state index in [1.165, 1.54) is 0 Å². The van der Waals surface area contributed by atoms with Crippen LogP contribution in [0.4, 0.5) is 0 Å². The van der Waals surface area contributed by atoms with Crippen LogP contribution in [-0.2, 0) is 0 Å². The van der Waals surface area contributed by atoms with Crippen molar-refractivity contribution in [1.82, 2.24) is 10.6 Å². The molecule has 3 N–H and O–H groups in total. The van der Waals surface area contributed by atoms with Crippen LogP contribution in [0.1, 0.15) is 19.8 Å². The van der Waals surface area contributed by atoms with E-state index >= 15 is 0 Å². The lowest BCUT2D eigenvalue weighted by molar-refractivity contribution is 0.416. The van der Waals surface area contributed by atoms with Gasteiger partial charge in [0.15, 0.2) is 0 Å². The lowest BCUT2D eigenvalue weighted by Crippen LogP contribution is -2.40. The van der Waals surface area contributed by atoms with Gasteiger partial charge in [0.1, 0.15) is 0 Å². The summed E-state index contributed by atoms with van der Waals surface area (Å²) < 4.78 is 0. The van der Waals surface area contributed by atoms with Crippen LogP contribution in [0.5, 0.6) is 0 Å². The predicted octanol–water partition coefficient (Wildman–Crippen LogP) is 0.673. The fourth-order valence-electron chi connectivity index (χ4n) is 1.05. The van der Waals surface area contributed by atoms with Gasteiger partial charge in [-0.3, -0.25) is 0 Å². The predicted molar refractivity (Wildman–Crippen MR) is 50.8 cm³/mol. The quantitative estimate of drug-likeness (QED) is 0.405. The molecule has 0 amide bonds. The molecule has 0 saturated carbocycles. The van der Waals surface area contributed by atoms with Crippen LogP contribution in [0.3, 0.4) is 0 Å². The van der Waals surface area contributed by atoms with E-state index in [4.69, 9.17) is 5.41 Å². The average molecular weight is 170 g/mol. The summed E-state index contributed by atoms with van der Waals surface area (Å²) in [5, 5.41) is 13.0. The van der Waals surface area contributed by atoms with Crippen LogP contribution < -0.4 is 10.6 Å². The Hall–Kier alpha value is -0.700. The molecule has 0 aliphatic rings. The summed E-state index contributed by atoms with van der Waals surface area (Å²) in [5.41, 5.74) is 0. The second kappa shape index (κ2) is 6.98. The Morgan fingerprint density at radius 3 is 2.33 bits per heavy atom. The van der Waals surface area contributed by atoms with Gasteiger partial charge in [0.2, 0.25) is 0 Å². The molecule has 0 rings (SSSR count). The third-order valence-corrected chi connectivity index (χ3v) is 1.92. The number of rotatable bonds is 6. The van der Waals surface area contributed by atoms with Crippen molar-refractivity contribution in [3.05, 3.63) is 0 Å². The maximum absolute atomic E-state index is 6.74. The van der Waals surface area contributed by atoms with Gasteiger partial charge in [0.25, 0.3) is 0 Å². The molecule has 0 aromatic carbocycles. The number of aliphatic imine (C=N–C) groups is 1. The third kappa shape index (κ3) is 4.23. The molecular weight excluding hydrogens is 152 g/mol. The van der Waals surface area contributed by atoms with Gasteiger partial charge in [0.05, 0.1) is 18.2 Å². The van der Waals surface area contributed by atoms with Gasteiger partial charge in [-0.1, -0.05) is 6.92 Å². The molecular formula is C8H18N4. The zero-order valence-corrected chi connectivity index (χ0v) is 8.02. The molecule has 12 heavy (non-hydrogen) atoms. The second-order valence-corrected chi connectivity index (χ2v) is 2.67. The summed E-state index contributed by atoms with van der Waals surface area (Å²) in [5.74, 6) is 0. The summed E-state index contributed by atoms with van der Waals surface area (Å²) in [7, 11) is 3.81. The summed E-state index contributed by atoms with van der Waals surface area (Å²) in [6.07, 6.45) is 2.12. The first kappa shape index (κ1) is 11.3. The lowest BCUT2D eigenvalue weighted by Gasteiger charge is -2.18. The van der Waals surface area contributed by atoms with Crippen LogP contribution in [-0.4, -0.2) is 32.3 Å². The summed E-state index contributed by atoms with van der Waals surface area (Å²) in [6.45, 7) is 2.06. The molecule has 4 nitrogen and oxygen atoms in total. The Labute approximate surface area is 74.0 Å². The van der Waals surface area contributed by atoms with Crippen molar-refractivity contribution in [2.24, 2.45) is 4.99 Å². The van der Waals surface area contributed by atoms with E-state index in [9.17, 15) is 0 Å². The van der Waals surface area contributed by atoms with Crippen molar-refractivity contribution < 1.29 is 0 Å². The highest BCUT2D eigenvalue weighted by atomic mass is 15.1. The van der Waals surface area contributed by atoms with Crippen LogP contribution in [0.25, 0.3) is 0 Å². The molecule has 0 heterocycles. The fraction of sp³-hybridized carbons (Fsp3) is 0.875. The molecule has 0 radical (unpaired) electrons. The molecule has 0 spiro atoms. The molecule has 0 aromatic heterocycles. The summed E-state index contributed by atoms with van der Waals surface area (Å²) >= 11 is 0. The highest BCUT2D eigenvalue weighted by molar-refractivity contribution is 5.36. The Morgan fingerprint density at radius 1 is 1.42 bits per heavy atom. The molecule has 0 aliphatic heterocycles. The van der Waals surface area contributed by atoms with Crippen molar-refractivity contribution in [1.29, 1.82) is 5.41 Å². The molecule has 0 bridgehead atoms. The average Bonchev–Trinajstić information content (AvgIpc) is 2.12. The first-order valence-electron chi connectivity index (χ1n) is 4.24. The van der Waals surface area contributed by atoms with E-state index in [0.29, 0.717) is 0 Å². The topological polar surface area (TPSA) is 60.3 Å². The van der Waals surface area contributed by atoms with E-state index in [1.807, 2.05) is 14.1 Å². The van der Waals surface area contributed by atoms with Crippen molar-refractivity contribution in [3.63, 3.8) is 0 Å². The maximum atomic E-state index is 6.74. The van der Waals surface area contributed by atoms with E-state index < -0.39 is 0 Å². The van der Waals surface area contributed by atoms with Crippen LogP contribution in [0.15, 0.2) is 4.99 Å². The van der Waals surface area contributed by atoms with Crippen molar-refractivity contribution in [2.45, 2.75) is 32.0 Å². The molecule has 0 saturated heterocycles. The summed E-state index contributed by atoms with van der Waals surface area (Å²) in [6, 6.07) is 2.29.